The highest BCUT2D eigenvalue weighted by molar-refractivity contribution is 5.80. The minimum absolute atomic E-state index is 0.0504. The van der Waals surface area contributed by atoms with E-state index in [0.29, 0.717) is 32.3 Å². The summed E-state index contributed by atoms with van der Waals surface area (Å²) in [5.41, 5.74) is 3.05. The number of esters is 1. The van der Waals surface area contributed by atoms with Crippen LogP contribution in [-0.2, 0) is 43.1 Å². The van der Waals surface area contributed by atoms with Crippen LogP contribution in [0.5, 0.6) is 5.75 Å². The van der Waals surface area contributed by atoms with E-state index in [0.717, 1.165) is 80.1 Å². The van der Waals surface area contributed by atoms with E-state index in [1.54, 1.807) is 20.8 Å². The van der Waals surface area contributed by atoms with E-state index in [9.17, 15) is 19.5 Å². The number of carbonyl (C=O) groups excluding carboxylic acids is 3. The predicted molar refractivity (Wildman–Crippen MR) is 262 cm³/mol. The molecule has 1 heterocycles. The fourth-order valence-electron chi connectivity index (χ4n) is 9.10. The second-order valence-electron chi connectivity index (χ2n) is 19.5. The van der Waals surface area contributed by atoms with E-state index in [1.807, 2.05) is 78.9 Å². The Labute approximate surface area is 396 Å². The molecule has 0 saturated carbocycles. The van der Waals surface area contributed by atoms with Gasteiger partial charge in [-0.05, 0) is 80.8 Å². The van der Waals surface area contributed by atoms with Crippen molar-refractivity contribution in [2.24, 2.45) is 5.92 Å². The number of carbonyl (C=O) groups is 3. The van der Waals surface area contributed by atoms with E-state index >= 15 is 0 Å². The van der Waals surface area contributed by atoms with Gasteiger partial charge in [0.05, 0.1) is 31.4 Å². The van der Waals surface area contributed by atoms with Crippen molar-refractivity contribution in [1.29, 1.82) is 0 Å². The molecular weight excluding hydrogens is 831 g/mol. The smallest absolute Gasteiger partial charge is 0.407 e. The molecule has 0 spiro atoms. The first-order chi connectivity index (χ1) is 32.0. The molecule has 0 bridgehead atoms. The third kappa shape index (κ3) is 19.4. The molecule has 66 heavy (non-hydrogen) atoms. The van der Waals surface area contributed by atoms with Gasteiger partial charge >= 0.3 is 12.1 Å². The van der Waals surface area contributed by atoms with Crippen molar-refractivity contribution in [3.05, 3.63) is 101 Å². The average molecular weight is 912 g/mol. The van der Waals surface area contributed by atoms with Crippen LogP contribution >= 0.6 is 0 Å². The van der Waals surface area contributed by atoms with E-state index in [4.69, 9.17) is 18.9 Å². The van der Waals surface area contributed by atoms with Gasteiger partial charge in [0.2, 0.25) is 5.91 Å². The SMILES string of the molecule is CCCCCCCCCCCCCCCC(=O)O[C@H]1Cc2ccccc2[C@@H]1NC(=O)C(Cc1ccc(OCCN2CCOCC2)cc1)CC(O)C(Cc1ccccc1)NC(=O)OC(C)(C)C. The van der Waals surface area contributed by atoms with Crippen LogP contribution in [0.1, 0.15) is 152 Å². The van der Waals surface area contributed by atoms with Gasteiger partial charge < -0.3 is 34.7 Å². The van der Waals surface area contributed by atoms with Crippen molar-refractivity contribution in [2.75, 3.05) is 39.5 Å². The highest BCUT2D eigenvalue weighted by atomic mass is 16.6. The molecule has 364 valence electrons. The molecule has 3 aromatic carbocycles. The molecule has 1 aliphatic heterocycles. The molecule has 2 amide bonds. The number of morpholine rings is 1. The summed E-state index contributed by atoms with van der Waals surface area (Å²) in [5, 5.41) is 18.2. The van der Waals surface area contributed by atoms with Crippen LogP contribution in [0, 0.1) is 5.92 Å². The largest absolute Gasteiger partial charge is 0.492 e. The van der Waals surface area contributed by atoms with Crippen LogP contribution in [-0.4, -0.2) is 91.3 Å². The quantitative estimate of drug-likeness (QED) is 0.0459. The monoisotopic (exact) mass is 912 g/mol. The Morgan fingerprint density at radius 3 is 2.03 bits per heavy atom. The van der Waals surface area contributed by atoms with E-state index < -0.39 is 41.9 Å². The van der Waals surface area contributed by atoms with E-state index in [1.165, 1.54) is 64.2 Å². The van der Waals surface area contributed by atoms with Gasteiger partial charge in [-0.15, -0.1) is 0 Å². The zero-order chi connectivity index (χ0) is 47.0. The van der Waals surface area contributed by atoms with Gasteiger partial charge in [-0.25, -0.2) is 4.79 Å². The summed E-state index contributed by atoms with van der Waals surface area (Å²) >= 11 is 0. The fraction of sp³-hybridized carbons (Fsp3) is 0.618. The number of hydrogen-bond acceptors (Lipinski definition) is 9. The van der Waals surface area contributed by atoms with Gasteiger partial charge in [0.25, 0.3) is 0 Å². The molecule has 3 N–H and O–H groups in total. The van der Waals surface area contributed by atoms with Crippen molar-refractivity contribution < 1.29 is 38.4 Å². The van der Waals surface area contributed by atoms with Crippen LogP contribution in [0.3, 0.4) is 0 Å². The number of hydrogen-bond donors (Lipinski definition) is 3. The zero-order valence-corrected chi connectivity index (χ0v) is 40.6. The lowest BCUT2D eigenvalue weighted by Gasteiger charge is -2.30. The highest BCUT2D eigenvalue weighted by Gasteiger charge is 2.38. The maximum atomic E-state index is 14.7. The number of fused-ring (bicyclic) bond motifs is 1. The minimum Gasteiger partial charge on any atom is -0.492 e. The Bertz CT molecular complexity index is 1840. The fourth-order valence-corrected chi connectivity index (χ4v) is 9.10. The average Bonchev–Trinajstić information content (AvgIpc) is 3.63. The maximum absolute atomic E-state index is 14.7. The third-order valence-electron chi connectivity index (χ3n) is 12.8. The van der Waals surface area contributed by atoms with Crippen molar-refractivity contribution in [3.63, 3.8) is 0 Å². The van der Waals surface area contributed by atoms with Crippen LogP contribution in [0.15, 0.2) is 78.9 Å². The molecule has 11 heteroatoms. The lowest BCUT2D eigenvalue weighted by Crippen LogP contribution is -2.48. The summed E-state index contributed by atoms with van der Waals surface area (Å²) in [6.07, 6.45) is 15.3. The van der Waals surface area contributed by atoms with Gasteiger partial charge in [-0.3, -0.25) is 14.5 Å². The summed E-state index contributed by atoms with van der Waals surface area (Å²) in [7, 11) is 0. The van der Waals surface area contributed by atoms with Gasteiger partial charge in [-0.2, -0.15) is 0 Å². The summed E-state index contributed by atoms with van der Waals surface area (Å²) in [6.45, 7) is 12.3. The second-order valence-corrected chi connectivity index (χ2v) is 19.5. The number of nitrogens with zero attached hydrogens (tertiary/aromatic N) is 1. The number of ether oxygens (including phenoxy) is 4. The van der Waals surface area contributed by atoms with Crippen molar-refractivity contribution >= 4 is 18.0 Å². The molecule has 1 fully saturated rings. The lowest BCUT2D eigenvalue weighted by molar-refractivity contribution is -0.151. The first kappa shape index (κ1) is 52.5. The Hall–Kier alpha value is -4.45. The van der Waals surface area contributed by atoms with Gasteiger partial charge in [0.1, 0.15) is 24.1 Å². The number of unbranched alkanes of at least 4 members (excludes halogenated alkanes) is 12. The van der Waals surface area contributed by atoms with Crippen LogP contribution < -0.4 is 15.4 Å². The van der Waals surface area contributed by atoms with Crippen molar-refractivity contribution in [3.8, 4) is 5.75 Å². The first-order valence-electron chi connectivity index (χ1n) is 25.3. The molecular formula is C55H81N3O8. The Morgan fingerprint density at radius 1 is 0.773 bits per heavy atom. The number of rotatable bonds is 29. The molecule has 5 atom stereocenters. The number of aliphatic hydroxyl groups is 1. The van der Waals surface area contributed by atoms with E-state index in [2.05, 4.69) is 22.5 Å². The topological polar surface area (TPSA) is 136 Å². The second kappa shape index (κ2) is 28.7. The van der Waals surface area contributed by atoms with Crippen LogP contribution in [0.2, 0.25) is 0 Å². The van der Waals surface area contributed by atoms with Crippen LogP contribution in [0.4, 0.5) is 4.79 Å². The van der Waals surface area contributed by atoms with E-state index in [-0.39, 0.29) is 18.3 Å². The third-order valence-corrected chi connectivity index (χ3v) is 12.8. The number of benzene rings is 3. The number of amides is 2. The molecule has 1 saturated heterocycles. The molecule has 3 unspecified atom stereocenters. The highest BCUT2D eigenvalue weighted by Crippen LogP contribution is 2.35. The summed E-state index contributed by atoms with van der Waals surface area (Å²) in [6, 6.07) is 24.0. The van der Waals surface area contributed by atoms with Gasteiger partial charge in [0, 0.05) is 38.4 Å². The molecule has 2 aliphatic rings. The number of alkyl carbamates (subject to hydrolysis) is 1. The maximum Gasteiger partial charge on any atom is 0.407 e. The first-order valence-corrected chi connectivity index (χ1v) is 25.3. The minimum atomic E-state index is -1.11. The lowest BCUT2D eigenvalue weighted by atomic mass is 9.88. The zero-order valence-electron chi connectivity index (χ0n) is 40.6. The Kier molecular flexibility index (Phi) is 22.8. The van der Waals surface area contributed by atoms with Crippen LogP contribution in [0.25, 0.3) is 0 Å². The molecule has 5 rings (SSSR count). The van der Waals surface area contributed by atoms with Crippen molar-refractivity contribution in [2.45, 2.75) is 173 Å². The normalized spacial score (nSPS) is 17.6. The van der Waals surface area contributed by atoms with Gasteiger partial charge in [-0.1, -0.05) is 151 Å². The molecule has 0 radical (unpaired) electrons. The van der Waals surface area contributed by atoms with Crippen molar-refractivity contribution in [1.82, 2.24) is 15.5 Å². The Morgan fingerprint density at radius 2 is 1.38 bits per heavy atom. The molecule has 1 aliphatic carbocycles. The predicted octanol–water partition coefficient (Wildman–Crippen LogP) is 10.2. The molecule has 0 aromatic heterocycles. The number of aliphatic hydroxyl groups excluding tert-OH is 1. The summed E-state index contributed by atoms with van der Waals surface area (Å²) < 4.78 is 23.3. The summed E-state index contributed by atoms with van der Waals surface area (Å²) in [5.74, 6) is -0.480. The Balaban J connectivity index is 1.23. The molecule has 3 aromatic rings. The number of nitrogens with one attached hydrogen (secondary N) is 2. The summed E-state index contributed by atoms with van der Waals surface area (Å²) in [4.78, 5) is 43.5. The standard InChI is InChI=1S/C55H81N3O8/c1-5-6-7-8-9-10-11-12-13-14-15-16-20-27-51(60)65-50-41-44-25-21-22-26-47(44)52(50)57-53(61)45(38-43-28-30-46(31-29-43)64-37-34-58-32-35-63-36-33-58)40-49(59)48(39-42-23-18-17-19-24-42)56-54(62)66-55(2,3)4/h17-19,21-26,28-31,45,48-50,52,59H,5-16,20,27,32-41H2,1-4H3,(H,56,62)(H,57,61)/t45?,48?,49?,50-,52-/m0/s1. The van der Waals surface area contributed by atoms with Gasteiger partial charge in [0.15, 0.2) is 0 Å². The molecule has 11 nitrogen and oxygen atoms in total.